The van der Waals surface area contributed by atoms with Crippen molar-refractivity contribution in [3.63, 3.8) is 0 Å². The smallest absolute Gasteiger partial charge is 0.221 e. The number of rotatable bonds is 7. The number of carbonyl (C=O) groups is 1. The molecule has 0 bridgehead atoms. The summed E-state index contributed by atoms with van der Waals surface area (Å²) in [6.07, 6.45) is 0.875. The van der Waals surface area contributed by atoms with Crippen molar-refractivity contribution in [2.24, 2.45) is 4.99 Å². The lowest BCUT2D eigenvalue weighted by molar-refractivity contribution is -0.114. The number of amides is 1. The SMILES string of the molecule is CCNC(=NCc1nc(C)c(C)s1)NCCc1ccc(NC(C)=O)cc1. The van der Waals surface area contributed by atoms with E-state index in [0.717, 1.165) is 41.9 Å². The number of hydrogen-bond donors (Lipinski definition) is 3. The van der Waals surface area contributed by atoms with Crippen molar-refractivity contribution in [1.82, 2.24) is 15.6 Å². The third-order valence-electron chi connectivity index (χ3n) is 3.77. The molecule has 1 aromatic carbocycles. The molecule has 0 unspecified atom stereocenters. The number of benzene rings is 1. The van der Waals surface area contributed by atoms with Crippen LogP contribution < -0.4 is 16.0 Å². The van der Waals surface area contributed by atoms with E-state index in [2.05, 4.69) is 39.8 Å². The second-order valence-electron chi connectivity index (χ2n) is 6.00. The number of nitrogens with zero attached hydrogens (tertiary/aromatic N) is 2. The lowest BCUT2D eigenvalue weighted by Crippen LogP contribution is -2.38. The van der Waals surface area contributed by atoms with Crippen LogP contribution >= 0.6 is 11.3 Å². The number of hydrogen-bond acceptors (Lipinski definition) is 4. The molecule has 2 rings (SSSR count). The van der Waals surface area contributed by atoms with Crippen LogP contribution in [-0.4, -0.2) is 29.9 Å². The first-order valence-corrected chi connectivity index (χ1v) is 9.61. The van der Waals surface area contributed by atoms with Crippen LogP contribution in [0.3, 0.4) is 0 Å². The van der Waals surface area contributed by atoms with Crippen LogP contribution in [0.1, 0.15) is 35.0 Å². The summed E-state index contributed by atoms with van der Waals surface area (Å²) in [5.41, 5.74) is 3.10. The predicted octanol–water partition coefficient (Wildman–Crippen LogP) is 3.02. The molecule has 0 aliphatic heterocycles. The predicted molar refractivity (Wildman–Crippen MR) is 109 cm³/mol. The van der Waals surface area contributed by atoms with E-state index in [1.165, 1.54) is 17.4 Å². The van der Waals surface area contributed by atoms with E-state index in [1.807, 2.05) is 31.2 Å². The van der Waals surface area contributed by atoms with Gasteiger partial charge in [-0.1, -0.05) is 12.1 Å². The average Bonchev–Trinajstić information content (AvgIpc) is 2.92. The number of aliphatic imine (C=N–C) groups is 1. The molecule has 0 saturated carbocycles. The Morgan fingerprint density at radius 2 is 1.92 bits per heavy atom. The molecule has 1 heterocycles. The molecular formula is C19H27N5OS. The summed E-state index contributed by atoms with van der Waals surface area (Å²) >= 11 is 1.70. The van der Waals surface area contributed by atoms with Crippen molar-refractivity contribution in [1.29, 1.82) is 0 Å². The number of nitrogens with one attached hydrogen (secondary N) is 3. The van der Waals surface area contributed by atoms with E-state index < -0.39 is 0 Å². The minimum atomic E-state index is -0.0588. The van der Waals surface area contributed by atoms with Crippen molar-refractivity contribution in [2.45, 2.75) is 40.7 Å². The van der Waals surface area contributed by atoms with Crippen LogP contribution in [0.2, 0.25) is 0 Å². The second kappa shape index (κ2) is 9.91. The largest absolute Gasteiger partial charge is 0.357 e. The molecule has 0 aliphatic rings. The van der Waals surface area contributed by atoms with Gasteiger partial charge in [-0.05, 0) is 44.9 Å². The van der Waals surface area contributed by atoms with Gasteiger partial charge in [-0.15, -0.1) is 11.3 Å². The molecule has 140 valence electrons. The number of aryl methyl sites for hydroxylation is 2. The highest BCUT2D eigenvalue weighted by atomic mass is 32.1. The molecular weight excluding hydrogens is 346 g/mol. The zero-order chi connectivity index (χ0) is 18.9. The zero-order valence-corrected chi connectivity index (χ0v) is 16.7. The molecule has 0 radical (unpaired) electrons. The highest BCUT2D eigenvalue weighted by molar-refractivity contribution is 7.11. The van der Waals surface area contributed by atoms with Crippen molar-refractivity contribution >= 4 is 28.9 Å². The summed E-state index contributed by atoms with van der Waals surface area (Å²) in [7, 11) is 0. The van der Waals surface area contributed by atoms with Crippen LogP contribution in [-0.2, 0) is 17.8 Å². The number of aromatic nitrogens is 1. The maximum Gasteiger partial charge on any atom is 0.221 e. The minimum Gasteiger partial charge on any atom is -0.357 e. The van der Waals surface area contributed by atoms with Crippen LogP contribution in [0.15, 0.2) is 29.3 Å². The molecule has 0 saturated heterocycles. The summed E-state index contributed by atoms with van der Waals surface area (Å²) in [6, 6.07) is 7.89. The molecule has 1 amide bonds. The van der Waals surface area contributed by atoms with E-state index in [9.17, 15) is 4.79 Å². The molecule has 3 N–H and O–H groups in total. The van der Waals surface area contributed by atoms with Gasteiger partial charge in [0.15, 0.2) is 5.96 Å². The first-order chi connectivity index (χ1) is 12.5. The monoisotopic (exact) mass is 373 g/mol. The van der Waals surface area contributed by atoms with Gasteiger partial charge in [0, 0.05) is 30.6 Å². The van der Waals surface area contributed by atoms with E-state index in [0.29, 0.717) is 6.54 Å². The first kappa shape index (κ1) is 19.9. The number of carbonyl (C=O) groups excluding carboxylic acids is 1. The molecule has 1 aromatic heterocycles. The number of thiazole rings is 1. The van der Waals surface area contributed by atoms with Gasteiger partial charge in [0.25, 0.3) is 0 Å². The fourth-order valence-electron chi connectivity index (χ4n) is 2.38. The van der Waals surface area contributed by atoms with Crippen molar-refractivity contribution in [3.8, 4) is 0 Å². The summed E-state index contributed by atoms with van der Waals surface area (Å²) in [5, 5.41) is 10.4. The van der Waals surface area contributed by atoms with Gasteiger partial charge in [0.2, 0.25) is 5.91 Å². The van der Waals surface area contributed by atoms with Crippen molar-refractivity contribution in [3.05, 3.63) is 45.4 Å². The van der Waals surface area contributed by atoms with Gasteiger partial charge in [-0.25, -0.2) is 9.98 Å². The highest BCUT2D eigenvalue weighted by Gasteiger charge is 2.04. The number of guanidine groups is 1. The van der Waals surface area contributed by atoms with Crippen LogP contribution in [0, 0.1) is 13.8 Å². The highest BCUT2D eigenvalue weighted by Crippen LogP contribution is 2.16. The normalized spacial score (nSPS) is 11.3. The molecule has 6 nitrogen and oxygen atoms in total. The molecule has 0 aliphatic carbocycles. The molecule has 0 spiro atoms. The lowest BCUT2D eigenvalue weighted by Gasteiger charge is -2.11. The summed E-state index contributed by atoms with van der Waals surface area (Å²) in [4.78, 5) is 21.4. The molecule has 2 aromatic rings. The maximum absolute atomic E-state index is 11.0. The third-order valence-corrected chi connectivity index (χ3v) is 4.83. The van der Waals surface area contributed by atoms with Gasteiger partial charge in [0.1, 0.15) is 5.01 Å². The van der Waals surface area contributed by atoms with Crippen LogP contribution in [0.5, 0.6) is 0 Å². The molecule has 7 heteroatoms. The van der Waals surface area contributed by atoms with E-state index >= 15 is 0 Å². The summed E-state index contributed by atoms with van der Waals surface area (Å²) in [5.74, 6) is 0.740. The lowest BCUT2D eigenvalue weighted by atomic mass is 10.1. The topological polar surface area (TPSA) is 78.4 Å². The van der Waals surface area contributed by atoms with Gasteiger partial charge < -0.3 is 16.0 Å². The van der Waals surface area contributed by atoms with Crippen LogP contribution in [0.25, 0.3) is 0 Å². The Morgan fingerprint density at radius 3 is 2.50 bits per heavy atom. The van der Waals surface area contributed by atoms with Crippen molar-refractivity contribution in [2.75, 3.05) is 18.4 Å². The second-order valence-corrected chi connectivity index (χ2v) is 7.29. The third kappa shape index (κ3) is 6.48. The van der Waals surface area contributed by atoms with Gasteiger partial charge in [0.05, 0.1) is 12.2 Å². The quantitative estimate of drug-likeness (QED) is 0.515. The summed E-state index contributed by atoms with van der Waals surface area (Å²) < 4.78 is 0. The number of anilines is 1. The van der Waals surface area contributed by atoms with Crippen molar-refractivity contribution < 1.29 is 4.79 Å². The fourth-order valence-corrected chi connectivity index (χ4v) is 3.24. The zero-order valence-electron chi connectivity index (χ0n) is 15.8. The Balaban J connectivity index is 1.85. The van der Waals surface area contributed by atoms with Gasteiger partial charge in [-0.2, -0.15) is 0 Å². The molecule has 26 heavy (non-hydrogen) atoms. The van der Waals surface area contributed by atoms with Gasteiger partial charge in [-0.3, -0.25) is 4.79 Å². The Bertz CT molecular complexity index is 732. The van der Waals surface area contributed by atoms with E-state index in [4.69, 9.17) is 0 Å². The maximum atomic E-state index is 11.0. The first-order valence-electron chi connectivity index (χ1n) is 8.79. The standard InChI is InChI=1S/C19H27N5OS/c1-5-20-19(22-12-18-23-13(2)14(3)26-18)21-11-10-16-6-8-17(9-7-16)24-15(4)25/h6-9H,5,10-12H2,1-4H3,(H,24,25)(H2,20,21,22). The Hall–Kier alpha value is -2.41. The Labute approximate surface area is 159 Å². The van der Waals surface area contributed by atoms with E-state index in [1.54, 1.807) is 11.3 Å². The summed E-state index contributed by atoms with van der Waals surface area (Å²) in [6.45, 7) is 9.85. The molecule has 0 atom stereocenters. The Kier molecular flexibility index (Phi) is 7.59. The fraction of sp³-hybridized carbons (Fsp3) is 0.421. The molecule has 0 fully saturated rings. The van der Waals surface area contributed by atoms with Crippen LogP contribution in [0.4, 0.5) is 5.69 Å². The van der Waals surface area contributed by atoms with Gasteiger partial charge >= 0.3 is 0 Å². The van der Waals surface area contributed by atoms with E-state index in [-0.39, 0.29) is 5.91 Å². The average molecular weight is 374 g/mol. The Morgan fingerprint density at radius 1 is 1.19 bits per heavy atom. The minimum absolute atomic E-state index is 0.0588.